The van der Waals surface area contributed by atoms with Gasteiger partial charge in [-0.1, -0.05) is 19.8 Å². The van der Waals surface area contributed by atoms with E-state index in [0.717, 1.165) is 6.67 Å². The van der Waals surface area contributed by atoms with Gasteiger partial charge in [-0.25, -0.2) is 0 Å². The molecule has 0 fully saturated rings. The number of rotatable bonds is 7. The topological polar surface area (TPSA) is 27.6 Å². The highest BCUT2D eigenvalue weighted by molar-refractivity contribution is 5.53. The molecule has 0 unspecified atom stereocenters. The third kappa shape index (κ3) is 6.58. The number of nitrogens with zero attached hydrogens (tertiary/aromatic N) is 2. The molecule has 3 nitrogen and oxygen atoms in total. The lowest BCUT2D eigenvalue weighted by molar-refractivity contribution is 0.239. The van der Waals surface area contributed by atoms with Gasteiger partial charge >= 0.3 is 0 Å². The Morgan fingerprint density at radius 1 is 1.54 bits per heavy atom. The van der Waals surface area contributed by atoms with E-state index < -0.39 is 0 Å². The second kappa shape index (κ2) is 8.05. The van der Waals surface area contributed by atoms with Crippen molar-refractivity contribution in [3.8, 4) is 0 Å². The second-order valence-corrected chi connectivity index (χ2v) is 3.50. The fourth-order valence-corrected chi connectivity index (χ4v) is 1.15. The average molecular weight is 185 g/mol. The fourth-order valence-electron chi connectivity index (χ4n) is 1.15. The van der Waals surface area contributed by atoms with Crippen molar-refractivity contribution in [2.75, 3.05) is 20.8 Å². The minimum absolute atomic E-state index is 0.651. The zero-order valence-corrected chi connectivity index (χ0v) is 9.38. The molecule has 0 radical (unpaired) electrons. The largest absolute Gasteiger partial charge is 0.364 e. The van der Waals surface area contributed by atoms with Crippen LogP contribution in [0.25, 0.3) is 0 Å². The lowest BCUT2D eigenvalue weighted by atomic mass is 10.1. The van der Waals surface area contributed by atoms with E-state index in [9.17, 15) is 0 Å². The maximum Gasteiger partial charge on any atom is 0.0830 e. The smallest absolute Gasteiger partial charge is 0.0830 e. The van der Waals surface area contributed by atoms with E-state index in [4.69, 9.17) is 0 Å². The monoisotopic (exact) mass is 185 g/mol. The molecular formula is C10H23N3. The van der Waals surface area contributed by atoms with Gasteiger partial charge in [-0.15, -0.1) is 0 Å². The van der Waals surface area contributed by atoms with E-state index in [-0.39, 0.29) is 0 Å². The summed E-state index contributed by atoms with van der Waals surface area (Å²) in [5.74, 6) is 0. The molecule has 0 heterocycles. The van der Waals surface area contributed by atoms with E-state index in [1.54, 1.807) is 13.4 Å². The highest BCUT2D eigenvalue weighted by Gasteiger charge is 2.06. The summed E-state index contributed by atoms with van der Waals surface area (Å²) in [6.45, 7) is 5.37. The van der Waals surface area contributed by atoms with Crippen LogP contribution in [0.15, 0.2) is 4.99 Å². The fraction of sp³-hybridized carbons (Fsp3) is 0.900. The van der Waals surface area contributed by atoms with Gasteiger partial charge in [0.15, 0.2) is 0 Å². The molecule has 78 valence electrons. The third-order valence-electron chi connectivity index (χ3n) is 2.29. The van der Waals surface area contributed by atoms with Crippen molar-refractivity contribution in [1.82, 2.24) is 10.2 Å². The first-order valence-electron chi connectivity index (χ1n) is 5.06. The predicted octanol–water partition coefficient (Wildman–Crippen LogP) is 1.70. The highest BCUT2D eigenvalue weighted by atomic mass is 15.2. The Bertz CT molecular complexity index is 134. The van der Waals surface area contributed by atoms with E-state index in [1.165, 1.54) is 19.3 Å². The molecule has 0 aromatic rings. The molecule has 0 bridgehead atoms. The number of nitrogens with one attached hydrogen (secondary N) is 1. The predicted molar refractivity (Wildman–Crippen MR) is 59.2 cm³/mol. The molecule has 0 aliphatic heterocycles. The summed E-state index contributed by atoms with van der Waals surface area (Å²) in [4.78, 5) is 6.17. The molecule has 0 aromatic heterocycles. The Morgan fingerprint density at radius 3 is 2.77 bits per heavy atom. The molecule has 3 heteroatoms. The SMILES string of the molecule is CCCC[C@@H](C)N(C)CNC=NC. The van der Waals surface area contributed by atoms with E-state index in [1.807, 2.05) is 0 Å². The Hall–Kier alpha value is -0.570. The van der Waals surface area contributed by atoms with Gasteiger partial charge < -0.3 is 5.32 Å². The van der Waals surface area contributed by atoms with Gasteiger partial charge in [0.05, 0.1) is 13.0 Å². The van der Waals surface area contributed by atoms with Crippen molar-refractivity contribution in [3.63, 3.8) is 0 Å². The molecule has 0 rings (SSSR count). The lowest BCUT2D eigenvalue weighted by Crippen LogP contribution is -2.36. The molecule has 0 saturated carbocycles. The van der Waals surface area contributed by atoms with E-state index in [0.29, 0.717) is 6.04 Å². The van der Waals surface area contributed by atoms with Crippen molar-refractivity contribution in [1.29, 1.82) is 0 Å². The molecule has 1 atom stereocenters. The van der Waals surface area contributed by atoms with Crippen LogP contribution in [0, 0.1) is 0 Å². The molecule has 1 N–H and O–H groups in total. The summed E-state index contributed by atoms with van der Waals surface area (Å²) in [7, 11) is 3.91. The first kappa shape index (κ1) is 12.4. The van der Waals surface area contributed by atoms with Crippen LogP contribution in [-0.2, 0) is 0 Å². The summed E-state index contributed by atoms with van der Waals surface area (Å²) in [6, 6.07) is 0.651. The van der Waals surface area contributed by atoms with E-state index in [2.05, 4.69) is 36.1 Å². The van der Waals surface area contributed by atoms with Crippen LogP contribution in [0.5, 0.6) is 0 Å². The Labute approximate surface area is 82.2 Å². The summed E-state index contributed by atoms with van der Waals surface area (Å²) in [5, 5.41) is 3.13. The molecule has 0 aliphatic rings. The maximum atomic E-state index is 3.87. The molecular weight excluding hydrogens is 162 g/mol. The molecule has 0 spiro atoms. The highest BCUT2D eigenvalue weighted by Crippen LogP contribution is 2.04. The van der Waals surface area contributed by atoms with Gasteiger partial charge in [0.25, 0.3) is 0 Å². The zero-order chi connectivity index (χ0) is 10.1. The molecule has 0 aromatic carbocycles. The minimum Gasteiger partial charge on any atom is -0.364 e. The van der Waals surface area contributed by atoms with Crippen LogP contribution >= 0.6 is 0 Å². The third-order valence-corrected chi connectivity index (χ3v) is 2.29. The van der Waals surface area contributed by atoms with Gasteiger partial charge in [0.1, 0.15) is 0 Å². The van der Waals surface area contributed by atoms with Crippen molar-refractivity contribution in [2.24, 2.45) is 4.99 Å². The van der Waals surface area contributed by atoms with Crippen LogP contribution in [0.4, 0.5) is 0 Å². The molecule has 13 heavy (non-hydrogen) atoms. The first-order valence-corrected chi connectivity index (χ1v) is 5.06. The van der Waals surface area contributed by atoms with Crippen LogP contribution in [0.2, 0.25) is 0 Å². The van der Waals surface area contributed by atoms with Gasteiger partial charge in [-0.3, -0.25) is 9.89 Å². The average Bonchev–Trinajstić information content (AvgIpc) is 2.14. The standard InChI is InChI=1S/C10H23N3/c1-5-6-7-10(2)13(4)9-12-8-11-3/h8,10H,5-7,9H2,1-4H3,(H,11,12)/t10-/m1/s1. The number of aliphatic imine (C=N–C) groups is 1. The van der Waals surface area contributed by atoms with Gasteiger partial charge in [-0.05, 0) is 20.4 Å². The van der Waals surface area contributed by atoms with Crippen LogP contribution < -0.4 is 5.32 Å². The van der Waals surface area contributed by atoms with Crippen molar-refractivity contribution in [3.05, 3.63) is 0 Å². The van der Waals surface area contributed by atoms with Crippen molar-refractivity contribution in [2.45, 2.75) is 39.2 Å². The Kier molecular flexibility index (Phi) is 7.69. The summed E-state index contributed by atoms with van der Waals surface area (Å²) in [5.41, 5.74) is 0. The summed E-state index contributed by atoms with van der Waals surface area (Å²) in [6.07, 6.45) is 5.61. The Balaban J connectivity index is 3.49. The number of hydrogen-bond acceptors (Lipinski definition) is 2. The number of hydrogen-bond donors (Lipinski definition) is 1. The lowest BCUT2D eigenvalue weighted by Gasteiger charge is -2.24. The van der Waals surface area contributed by atoms with Gasteiger partial charge in [-0.2, -0.15) is 0 Å². The van der Waals surface area contributed by atoms with Gasteiger partial charge in [0, 0.05) is 13.1 Å². The Morgan fingerprint density at radius 2 is 2.23 bits per heavy atom. The van der Waals surface area contributed by atoms with Crippen molar-refractivity contribution >= 4 is 6.34 Å². The van der Waals surface area contributed by atoms with Gasteiger partial charge in [0.2, 0.25) is 0 Å². The van der Waals surface area contributed by atoms with Crippen molar-refractivity contribution < 1.29 is 0 Å². The molecule has 0 saturated heterocycles. The second-order valence-electron chi connectivity index (χ2n) is 3.50. The molecule has 0 aliphatic carbocycles. The van der Waals surface area contributed by atoms with Crippen LogP contribution in [-0.4, -0.2) is 38.0 Å². The van der Waals surface area contributed by atoms with Crippen LogP contribution in [0.3, 0.4) is 0 Å². The zero-order valence-electron chi connectivity index (χ0n) is 9.38. The number of unbranched alkanes of at least 4 members (excludes halogenated alkanes) is 1. The quantitative estimate of drug-likeness (QED) is 0.371. The first-order chi connectivity index (χ1) is 6.22. The van der Waals surface area contributed by atoms with Crippen LogP contribution in [0.1, 0.15) is 33.1 Å². The summed E-state index contributed by atoms with van der Waals surface area (Å²) < 4.78 is 0. The molecule has 0 amide bonds. The maximum absolute atomic E-state index is 3.87. The minimum atomic E-state index is 0.651. The van der Waals surface area contributed by atoms with E-state index >= 15 is 0 Å². The normalized spacial score (nSPS) is 13.9. The summed E-state index contributed by atoms with van der Waals surface area (Å²) >= 11 is 0.